The fourth-order valence-corrected chi connectivity index (χ4v) is 1.12. The van der Waals surface area contributed by atoms with Crippen LogP contribution in [0.15, 0.2) is 12.5 Å². The lowest BCUT2D eigenvalue weighted by Crippen LogP contribution is -2.01. The summed E-state index contributed by atoms with van der Waals surface area (Å²) in [6.07, 6.45) is 4.47. The van der Waals surface area contributed by atoms with Crippen molar-refractivity contribution in [2.75, 3.05) is 23.7 Å². The van der Waals surface area contributed by atoms with Crippen molar-refractivity contribution >= 4 is 11.5 Å². The first-order valence-corrected chi connectivity index (χ1v) is 3.74. The Morgan fingerprint density at radius 2 is 2.08 bits per heavy atom. The first-order valence-electron chi connectivity index (χ1n) is 3.74. The van der Waals surface area contributed by atoms with Gasteiger partial charge in [0, 0.05) is 13.1 Å². The molecule has 2 heterocycles. The van der Waals surface area contributed by atoms with E-state index in [0.29, 0.717) is 0 Å². The highest BCUT2D eigenvalue weighted by molar-refractivity contribution is 5.63. The summed E-state index contributed by atoms with van der Waals surface area (Å²) in [6.45, 7) is 1.98. The van der Waals surface area contributed by atoms with Gasteiger partial charge in [0.2, 0.25) is 0 Å². The van der Waals surface area contributed by atoms with Crippen LogP contribution in [0, 0.1) is 0 Å². The fraction of sp³-hybridized carbons (Fsp3) is 0.429. The number of rotatable bonds is 0. The van der Waals surface area contributed by atoms with E-state index in [0.717, 1.165) is 31.0 Å². The van der Waals surface area contributed by atoms with E-state index in [1.165, 1.54) is 0 Å². The van der Waals surface area contributed by atoms with Gasteiger partial charge in [0.15, 0.2) is 5.82 Å². The summed E-state index contributed by atoms with van der Waals surface area (Å²) in [5.74, 6) is 0.914. The molecule has 0 unspecified atom stereocenters. The van der Waals surface area contributed by atoms with Crippen LogP contribution in [0.3, 0.4) is 0 Å². The molecule has 0 saturated heterocycles. The van der Waals surface area contributed by atoms with Crippen molar-refractivity contribution < 1.29 is 5.48 Å². The molecule has 1 aromatic heterocycles. The Morgan fingerprint density at radius 3 is 3.00 bits per heavy atom. The van der Waals surface area contributed by atoms with Gasteiger partial charge in [-0.25, -0.2) is 9.97 Å². The number of hydrogen-bond donors (Lipinski definition) is 2. The average molecular weight is 168 g/mol. The van der Waals surface area contributed by atoms with Crippen LogP contribution in [-0.4, -0.2) is 28.5 Å². The summed E-state index contributed by atoms with van der Waals surface area (Å²) >= 11 is 0. The van der Waals surface area contributed by atoms with Crippen LogP contribution in [0.5, 0.6) is 0 Å². The summed E-state index contributed by atoms with van der Waals surface area (Å²) in [5, 5.41) is 6.45. The minimum absolute atomic E-state index is 0. The average Bonchev–Trinajstić information content (AvgIpc) is 2.28. The highest BCUT2D eigenvalue weighted by Crippen LogP contribution is 2.17. The van der Waals surface area contributed by atoms with Crippen molar-refractivity contribution in [2.24, 2.45) is 0 Å². The Hall–Kier alpha value is -1.36. The minimum atomic E-state index is 0. The zero-order valence-corrected chi connectivity index (χ0v) is 6.67. The van der Waals surface area contributed by atoms with E-state index in [9.17, 15) is 0 Å². The van der Waals surface area contributed by atoms with E-state index in [1.54, 1.807) is 12.5 Å². The molecule has 66 valence electrons. The highest BCUT2D eigenvalue weighted by atomic mass is 16.0. The highest BCUT2D eigenvalue weighted by Gasteiger charge is 2.05. The largest absolute Gasteiger partial charge is 0.412 e. The first kappa shape index (κ1) is 8.73. The van der Waals surface area contributed by atoms with Crippen molar-refractivity contribution in [3.05, 3.63) is 12.5 Å². The summed E-state index contributed by atoms with van der Waals surface area (Å²) in [6, 6.07) is 0. The maximum absolute atomic E-state index is 4.09. The predicted octanol–water partition coefficient (Wildman–Crippen LogP) is -0.121. The molecule has 2 rings (SSSR count). The quantitative estimate of drug-likeness (QED) is 0.565. The van der Waals surface area contributed by atoms with Crippen LogP contribution in [-0.2, 0) is 0 Å². The first-order chi connectivity index (χ1) is 5.47. The predicted molar refractivity (Wildman–Crippen MR) is 47.2 cm³/mol. The number of nitrogens with one attached hydrogen (secondary N) is 2. The Morgan fingerprint density at radius 1 is 1.25 bits per heavy atom. The van der Waals surface area contributed by atoms with Gasteiger partial charge in [-0.3, -0.25) is 0 Å². The molecule has 0 atom stereocenters. The van der Waals surface area contributed by atoms with Crippen molar-refractivity contribution in [1.29, 1.82) is 0 Å². The second-order valence-electron chi connectivity index (χ2n) is 2.49. The molecule has 0 saturated carbocycles. The number of fused-ring (bicyclic) bond motifs is 1. The smallest absolute Gasteiger partial charge is 0.152 e. The van der Waals surface area contributed by atoms with Crippen LogP contribution in [0.25, 0.3) is 0 Å². The van der Waals surface area contributed by atoms with Crippen molar-refractivity contribution in [3.63, 3.8) is 0 Å². The zero-order chi connectivity index (χ0) is 7.52. The Labute approximate surface area is 70.5 Å². The van der Waals surface area contributed by atoms with Gasteiger partial charge in [0.05, 0.1) is 11.9 Å². The maximum atomic E-state index is 4.09. The number of aromatic nitrogens is 2. The molecule has 1 aliphatic rings. The lowest BCUT2D eigenvalue weighted by molar-refractivity contribution is 0.824. The van der Waals surface area contributed by atoms with Gasteiger partial charge in [0.1, 0.15) is 6.33 Å². The van der Waals surface area contributed by atoms with Crippen LogP contribution in [0.1, 0.15) is 6.42 Å². The zero-order valence-electron chi connectivity index (χ0n) is 6.67. The van der Waals surface area contributed by atoms with Gasteiger partial charge in [0.25, 0.3) is 0 Å². The van der Waals surface area contributed by atoms with E-state index in [1.807, 2.05) is 0 Å². The molecule has 0 bridgehead atoms. The van der Waals surface area contributed by atoms with E-state index in [2.05, 4.69) is 20.6 Å². The van der Waals surface area contributed by atoms with Gasteiger partial charge >= 0.3 is 0 Å². The molecule has 0 aliphatic carbocycles. The number of anilines is 2. The minimum Gasteiger partial charge on any atom is -0.412 e. The van der Waals surface area contributed by atoms with Gasteiger partial charge in [-0.15, -0.1) is 0 Å². The molecule has 1 aromatic rings. The van der Waals surface area contributed by atoms with Gasteiger partial charge in [-0.2, -0.15) is 0 Å². The monoisotopic (exact) mass is 168 g/mol. The standard InChI is InChI=1S/C7H10N4.H2O/c1-2-9-6-4-8-5-11-7(6)10-3-1;/h4-5,9H,1-3H2,(H,8,10,11);1H2. The Balaban J connectivity index is 0.000000720. The second kappa shape index (κ2) is 3.87. The molecule has 0 radical (unpaired) electrons. The molecule has 0 aromatic carbocycles. The molecule has 5 heteroatoms. The van der Waals surface area contributed by atoms with E-state index in [4.69, 9.17) is 0 Å². The number of hydrogen-bond acceptors (Lipinski definition) is 4. The summed E-state index contributed by atoms with van der Waals surface area (Å²) in [4.78, 5) is 8.02. The lowest BCUT2D eigenvalue weighted by Gasteiger charge is -2.03. The summed E-state index contributed by atoms with van der Waals surface area (Å²) < 4.78 is 0. The van der Waals surface area contributed by atoms with Crippen LogP contribution >= 0.6 is 0 Å². The third-order valence-electron chi connectivity index (χ3n) is 1.67. The molecule has 12 heavy (non-hydrogen) atoms. The molecule has 0 amide bonds. The van der Waals surface area contributed by atoms with E-state index in [-0.39, 0.29) is 5.48 Å². The van der Waals surface area contributed by atoms with Crippen molar-refractivity contribution in [1.82, 2.24) is 9.97 Å². The molecule has 4 N–H and O–H groups in total. The van der Waals surface area contributed by atoms with Gasteiger partial charge in [-0.05, 0) is 6.42 Å². The SMILES string of the molecule is O.c1ncc2c(n1)NCCCN2. The van der Waals surface area contributed by atoms with Crippen LogP contribution in [0.4, 0.5) is 11.5 Å². The molecule has 0 spiro atoms. The Bertz CT molecular complexity index is 228. The summed E-state index contributed by atoms with van der Waals surface area (Å²) in [5.41, 5.74) is 1.00. The van der Waals surface area contributed by atoms with Crippen molar-refractivity contribution in [3.8, 4) is 0 Å². The molecular formula is C7H12N4O. The van der Waals surface area contributed by atoms with Crippen LogP contribution in [0.2, 0.25) is 0 Å². The maximum Gasteiger partial charge on any atom is 0.152 e. The fourth-order valence-electron chi connectivity index (χ4n) is 1.12. The van der Waals surface area contributed by atoms with E-state index >= 15 is 0 Å². The van der Waals surface area contributed by atoms with Gasteiger partial charge < -0.3 is 16.1 Å². The molecule has 5 nitrogen and oxygen atoms in total. The van der Waals surface area contributed by atoms with E-state index < -0.39 is 0 Å². The van der Waals surface area contributed by atoms with Gasteiger partial charge in [-0.1, -0.05) is 0 Å². The normalized spacial score (nSPS) is 14.3. The third kappa shape index (κ3) is 1.62. The summed E-state index contributed by atoms with van der Waals surface area (Å²) in [7, 11) is 0. The van der Waals surface area contributed by atoms with Crippen molar-refractivity contribution in [2.45, 2.75) is 6.42 Å². The van der Waals surface area contributed by atoms with Crippen LogP contribution < -0.4 is 10.6 Å². The Kier molecular flexibility index (Phi) is 2.82. The topological polar surface area (TPSA) is 81.3 Å². The second-order valence-corrected chi connectivity index (χ2v) is 2.49. The third-order valence-corrected chi connectivity index (χ3v) is 1.67. The number of nitrogens with zero attached hydrogens (tertiary/aromatic N) is 2. The molecular weight excluding hydrogens is 156 g/mol. The molecule has 0 fully saturated rings. The molecule has 1 aliphatic heterocycles. The lowest BCUT2D eigenvalue weighted by atomic mass is 10.4.